The maximum absolute atomic E-state index is 12.8. The Morgan fingerprint density at radius 3 is 2.56 bits per heavy atom. The first-order chi connectivity index (χ1) is 12.9. The molecular weight excluding hydrogens is 366 g/mol. The van der Waals surface area contributed by atoms with Crippen molar-refractivity contribution in [2.45, 2.75) is 18.9 Å². The van der Waals surface area contributed by atoms with Crippen LogP contribution in [0.4, 0.5) is 11.6 Å². The van der Waals surface area contributed by atoms with Crippen LogP contribution in [0.3, 0.4) is 0 Å². The van der Waals surface area contributed by atoms with Crippen molar-refractivity contribution in [2.24, 2.45) is 0 Å². The summed E-state index contributed by atoms with van der Waals surface area (Å²) >= 11 is 5.81. The fraction of sp³-hybridized carbons (Fsp3) is 0.263. The summed E-state index contributed by atoms with van der Waals surface area (Å²) in [7, 11) is 0. The van der Waals surface area contributed by atoms with Crippen LogP contribution in [-0.4, -0.2) is 45.3 Å². The minimum Gasteiger partial charge on any atom is -0.347 e. The van der Waals surface area contributed by atoms with Gasteiger partial charge in [-0.15, -0.1) is 0 Å². The van der Waals surface area contributed by atoms with Gasteiger partial charge < -0.3 is 15.5 Å². The van der Waals surface area contributed by atoms with Gasteiger partial charge in [-0.3, -0.25) is 9.59 Å². The van der Waals surface area contributed by atoms with Gasteiger partial charge in [0.2, 0.25) is 11.9 Å². The Kier molecular flexibility index (Phi) is 5.41. The number of hydrogen-bond donors (Lipinski definition) is 2. The monoisotopic (exact) mass is 385 g/mol. The first kappa shape index (κ1) is 18.8. The first-order valence-corrected chi connectivity index (χ1v) is 8.85. The highest BCUT2D eigenvalue weighted by Gasteiger charge is 2.36. The lowest BCUT2D eigenvalue weighted by atomic mass is 10.0. The molecule has 0 spiro atoms. The molecule has 0 saturated carbocycles. The number of anilines is 2. The summed E-state index contributed by atoms with van der Waals surface area (Å²) < 4.78 is 0. The van der Waals surface area contributed by atoms with Crippen LogP contribution in [0.15, 0.2) is 49.3 Å². The highest BCUT2D eigenvalue weighted by atomic mass is 35.5. The van der Waals surface area contributed by atoms with Crippen molar-refractivity contribution in [1.82, 2.24) is 14.9 Å². The number of nitrogens with zero attached hydrogens (tertiary/aromatic N) is 3. The summed E-state index contributed by atoms with van der Waals surface area (Å²) in [5, 5.41) is 6.42. The van der Waals surface area contributed by atoms with Crippen LogP contribution in [0.5, 0.6) is 0 Å². The second kappa shape index (κ2) is 7.75. The van der Waals surface area contributed by atoms with Gasteiger partial charge in [0.15, 0.2) is 0 Å². The third kappa shape index (κ3) is 4.62. The molecule has 2 amide bonds. The highest BCUT2D eigenvalue weighted by Crippen LogP contribution is 2.26. The summed E-state index contributed by atoms with van der Waals surface area (Å²) in [6, 6.07) is 6.80. The van der Waals surface area contributed by atoms with E-state index in [0.29, 0.717) is 35.3 Å². The van der Waals surface area contributed by atoms with E-state index in [1.54, 1.807) is 29.2 Å². The Balaban J connectivity index is 1.63. The molecule has 0 aliphatic carbocycles. The van der Waals surface area contributed by atoms with Crippen LogP contribution < -0.4 is 10.6 Å². The molecule has 1 aromatic heterocycles. The van der Waals surface area contributed by atoms with E-state index < -0.39 is 0 Å². The Labute approximate surface area is 162 Å². The molecule has 8 heteroatoms. The topological polar surface area (TPSA) is 87.2 Å². The van der Waals surface area contributed by atoms with Gasteiger partial charge in [0.05, 0.1) is 23.0 Å². The molecule has 27 heavy (non-hydrogen) atoms. The van der Waals surface area contributed by atoms with E-state index in [4.69, 9.17) is 11.6 Å². The summed E-state index contributed by atoms with van der Waals surface area (Å²) in [4.78, 5) is 34.2. The molecule has 3 rings (SSSR count). The Bertz CT molecular complexity index is 853. The van der Waals surface area contributed by atoms with Gasteiger partial charge in [-0.1, -0.05) is 18.2 Å². The van der Waals surface area contributed by atoms with Crippen LogP contribution in [0.1, 0.15) is 23.7 Å². The zero-order valence-electron chi connectivity index (χ0n) is 14.9. The number of likely N-dealkylation sites (tertiary alicyclic amines) is 1. The number of hydrogen-bond acceptors (Lipinski definition) is 5. The minimum atomic E-state index is -0.318. The lowest BCUT2D eigenvalue weighted by molar-refractivity contribution is -0.111. The number of carbonyl (C=O) groups is 2. The van der Waals surface area contributed by atoms with E-state index in [2.05, 4.69) is 27.2 Å². The lowest BCUT2D eigenvalue weighted by Crippen LogP contribution is -2.40. The highest BCUT2D eigenvalue weighted by molar-refractivity contribution is 6.30. The molecule has 7 nitrogen and oxygen atoms in total. The fourth-order valence-corrected chi connectivity index (χ4v) is 3.05. The van der Waals surface area contributed by atoms with Crippen LogP contribution in [-0.2, 0) is 4.79 Å². The second-order valence-corrected chi connectivity index (χ2v) is 7.09. The largest absolute Gasteiger partial charge is 0.347 e. The predicted molar refractivity (Wildman–Crippen MR) is 105 cm³/mol. The second-order valence-electron chi connectivity index (χ2n) is 6.66. The van der Waals surface area contributed by atoms with Gasteiger partial charge >= 0.3 is 0 Å². The van der Waals surface area contributed by atoms with Crippen molar-refractivity contribution in [3.8, 4) is 0 Å². The Morgan fingerprint density at radius 1 is 1.26 bits per heavy atom. The van der Waals surface area contributed by atoms with Crippen LogP contribution in [0, 0.1) is 0 Å². The van der Waals surface area contributed by atoms with Gasteiger partial charge in [0.25, 0.3) is 5.91 Å². The normalized spacial score (nSPS) is 18.8. The van der Waals surface area contributed by atoms with Crippen molar-refractivity contribution in [3.63, 3.8) is 0 Å². The number of nitrogens with one attached hydrogen (secondary N) is 2. The summed E-state index contributed by atoms with van der Waals surface area (Å²) in [5.41, 5.74) is 0.865. The van der Waals surface area contributed by atoms with Crippen molar-refractivity contribution in [1.29, 1.82) is 0 Å². The average molecular weight is 386 g/mol. The molecule has 1 atom stereocenters. The fourth-order valence-electron chi connectivity index (χ4n) is 2.96. The Hall–Kier alpha value is -2.93. The van der Waals surface area contributed by atoms with E-state index in [9.17, 15) is 9.59 Å². The standard InChI is InChI=1S/C19H20ClN5O2/c1-3-16(26)23-15-6-4-13(5-7-15)17(27)25-9-8-19(2,12-25)24-18-21-10-14(20)11-22-18/h3-7,10-11H,1,8-9,12H2,2H3,(H,23,26)(H,21,22,24)/t19-/m1/s1. The van der Waals surface area contributed by atoms with E-state index in [1.165, 1.54) is 18.5 Å². The summed E-state index contributed by atoms with van der Waals surface area (Å²) in [6.07, 6.45) is 5.04. The molecule has 2 N–H and O–H groups in total. The molecule has 1 saturated heterocycles. The van der Waals surface area contributed by atoms with Gasteiger partial charge in [-0.05, 0) is 43.7 Å². The average Bonchev–Trinajstić information content (AvgIpc) is 3.05. The Morgan fingerprint density at radius 2 is 1.93 bits per heavy atom. The molecular formula is C19H20ClN5O2. The van der Waals surface area contributed by atoms with Crippen molar-refractivity contribution in [3.05, 3.63) is 59.9 Å². The predicted octanol–water partition coefficient (Wildman–Crippen LogP) is 2.97. The van der Waals surface area contributed by atoms with Crippen molar-refractivity contribution >= 4 is 35.1 Å². The minimum absolute atomic E-state index is 0.0563. The molecule has 1 aromatic carbocycles. The van der Waals surface area contributed by atoms with E-state index in [0.717, 1.165) is 6.42 Å². The quantitative estimate of drug-likeness (QED) is 0.772. The van der Waals surface area contributed by atoms with Gasteiger partial charge in [-0.2, -0.15) is 0 Å². The number of halogens is 1. The number of amides is 2. The lowest BCUT2D eigenvalue weighted by Gasteiger charge is -2.26. The summed E-state index contributed by atoms with van der Waals surface area (Å²) in [5.74, 6) is 0.137. The summed E-state index contributed by atoms with van der Waals surface area (Å²) in [6.45, 7) is 6.61. The maximum Gasteiger partial charge on any atom is 0.253 e. The number of rotatable bonds is 5. The molecule has 1 fully saturated rings. The molecule has 2 aromatic rings. The van der Waals surface area contributed by atoms with Crippen molar-refractivity contribution < 1.29 is 9.59 Å². The van der Waals surface area contributed by atoms with Crippen LogP contribution >= 0.6 is 11.6 Å². The van der Waals surface area contributed by atoms with Crippen LogP contribution in [0.2, 0.25) is 5.02 Å². The van der Waals surface area contributed by atoms with Gasteiger partial charge in [0.1, 0.15) is 0 Å². The van der Waals surface area contributed by atoms with Crippen LogP contribution in [0.25, 0.3) is 0 Å². The third-order valence-corrected chi connectivity index (χ3v) is 4.57. The SMILES string of the molecule is C=CC(=O)Nc1ccc(C(=O)N2CC[C@@](C)(Nc3ncc(Cl)cn3)C2)cc1. The van der Waals surface area contributed by atoms with Gasteiger partial charge in [-0.25, -0.2) is 9.97 Å². The smallest absolute Gasteiger partial charge is 0.253 e. The number of carbonyl (C=O) groups excluding carboxylic acids is 2. The van der Waals surface area contributed by atoms with E-state index in [-0.39, 0.29) is 17.4 Å². The maximum atomic E-state index is 12.8. The first-order valence-electron chi connectivity index (χ1n) is 8.47. The third-order valence-electron chi connectivity index (χ3n) is 4.38. The molecule has 0 bridgehead atoms. The van der Waals surface area contributed by atoms with E-state index >= 15 is 0 Å². The number of benzene rings is 1. The molecule has 140 valence electrons. The zero-order chi connectivity index (χ0) is 19.4. The van der Waals surface area contributed by atoms with E-state index in [1.807, 2.05) is 6.92 Å². The molecule has 1 aliphatic heterocycles. The molecule has 2 heterocycles. The van der Waals surface area contributed by atoms with Gasteiger partial charge in [0, 0.05) is 24.3 Å². The van der Waals surface area contributed by atoms with Crippen molar-refractivity contribution in [2.75, 3.05) is 23.7 Å². The molecule has 1 aliphatic rings. The molecule has 0 radical (unpaired) electrons. The zero-order valence-corrected chi connectivity index (χ0v) is 15.7. The molecule has 0 unspecified atom stereocenters. The number of aromatic nitrogens is 2.